The van der Waals surface area contributed by atoms with E-state index in [1.165, 1.54) is 0 Å². The number of rotatable bonds is 5. The normalized spacial score (nSPS) is 10.4. The van der Waals surface area contributed by atoms with Gasteiger partial charge in [0.05, 0.1) is 13.0 Å². The summed E-state index contributed by atoms with van der Waals surface area (Å²) in [6.45, 7) is 6.08. The zero-order chi connectivity index (χ0) is 15.4. The zero-order valence-electron chi connectivity index (χ0n) is 12.6. The van der Waals surface area contributed by atoms with Crippen LogP contribution in [0.15, 0.2) is 30.3 Å². The largest absolute Gasteiger partial charge is 0.466 e. The Hall–Kier alpha value is -2.36. The van der Waals surface area contributed by atoms with E-state index >= 15 is 0 Å². The Balaban J connectivity index is 2.25. The lowest BCUT2D eigenvalue weighted by molar-refractivity contribution is -0.142. The van der Waals surface area contributed by atoms with Crippen molar-refractivity contribution >= 4 is 12.3 Å². The molecule has 2 rings (SSSR count). The molecule has 0 saturated carbocycles. The van der Waals surface area contributed by atoms with Crippen LogP contribution in [-0.4, -0.2) is 23.4 Å². The van der Waals surface area contributed by atoms with Gasteiger partial charge >= 0.3 is 5.97 Å². The van der Waals surface area contributed by atoms with Gasteiger partial charge in [-0.05, 0) is 44.5 Å². The second-order valence-corrected chi connectivity index (χ2v) is 4.93. The molecule has 0 amide bonds. The van der Waals surface area contributed by atoms with E-state index in [0.717, 1.165) is 28.9 Å². The minimum atomic E-state index is -0.221. The highest BCUT2D eigenvalue weighted by Gasteiger charge is 2.10. The summed E-state index contributed by atoms with van der Waals surface area (Å²) in [6.07, 6.45) is 1.14. The summed E-state index contributed by atoms with van der Waals surface area (Å²) < 4.78 is 6.96. The molecule has 0 aliphatic rings. The van der Waals surface area contributed by atoms with Crippen LogP contribution in [-0.2, 0) is 16.0 Å². The molecule has 2 aromatic rings. The van der Waals surface area contributed by atoms with E-state index in [4.69, 9.17) is 4.74 Å². The summed E-state index contributed by atoms with van der Waals surface area (Å²) in [6, 6.07) is 9.58. The fourth-order valence-corrected chi connectivity index (χ4v) is 2.45. The molecule has 0 spiro atoms. The van der Waals surface area contributed by atoms with E-state index in [0.29, 0.717) is 12.2 Å². The fraction of sp³-hybridized carbons (Fsp3) is 0.294. The Kier molecular flexibility index (Phi) is 4.58. The van der Waals surface area contributed by atoms with Crippen molar-refractivity contribution in [3.05, 3.63) is 52.8 Å². The first-order valence-corrected chi connectivity index (χ1v) is 6.96. The van der Waals surface area contributed by atoms with Crippen LogP contribution in [0.2, 0.25) is 0 Å². The van der Waals surface area contributed by atoms with Gasteiger partial charge in [0.25, 0.3) is 0 Å². The third-order valence-corrected chi connectivity index (χ3v) is 3.45. The third-order valence-electron chi connectivity index (χ3n) is 3.45. The lowest BCUT2D eigenvalue weighted by Gasteiger charge is -2.10. The number of aldehydes is 1. The van der Waals surface area contributed by atoms with Gasteiger partial charge in [-0.2, -0.15) is 0 Å². The maximum atomic E-state index is 11.5. The van der Waals surface area contributed by atoms with Crippen LogP contribution >= 0.6 is 0 Å². The van der Waals surface area contributed by atoms with Gasteiger partial charge in [0.15, 0.2) is 6.29 Å². The average molecular weight is 285 g/mol. The van der Waals surface area contributed by atoms with E-state index in [9.17, 15) is 9.59 Å². The summed E-state index contributed by atoms with van der Waals surface area (Å²) >= 11 is 0. The van der Waals surface area contributed by atoms with Crippen LogP contribution in [0.25, 0.3) is 5.69 Å². The Morgan fingerprint density at radius 3 is 2.43 bits per heavy atom. The summed E-state index contributed by atoms with van der Waals surface area (Å²) in [5.41, 5.74) is 4.51. The highest BCUT2D eigenvalue weighted by molar-refractivity contribution is 5.77. The smallest absolute Gasteiger partial charge is 0.310 e. The first-order valence-electron chi connectivity index (χ1n) is 6.96. The summed E-state index contributed by atoms with van der Waals surface area (Å²) in [5, 5.41) is 0. The van der Waals surface area contributed by atoms with Gasteiger partial charge in [-0.3, -0.25) is 9.59 Å². The molecule has 0 N–H and O–H groups in total. The van der Waals surface area contributed by atoms with Crippen LogP contribution in [0.3, 0.4) is 0 Å². The number of hydrogen-bond donors (Lipinski definition) is 0. The van der Waals surface area contributed by atoms with E-state index in [-0.39, 0.29) is 12.4 Å². The summed E-state index contributed by atoms with van der Waals surface area (Å²) in [4.78, 5) is 22.4. The topological polar surface area (TPSA) is 48.3 Å². The van der Waals surface area contributed by atoms with Gasteiger partial charge in [0, 0.05) is 22.6 Å². The molecular weight excluding hydrogens is 266 g/mol. The molecule has 0 saturated heterocycles. The lowest BCUT2D eigenvalue weighted by atomic mass is 10.1. The molecule has 21 heavy (non-hydrogen) atoms. The van der Waals surface area contributed by atoms with E-state index < -0.39 is 0 Å². The van der Waals surface area contributed by atoms with Crippen LogP contribution in [0.5, 0.6) is 0 Å². The molecule has 0 atom stereocenters. The summed E-state index contributed by atoms with van der Waals surface area (Å²) in [7, 11) is 0. The molecule has 0 aliphatic carbocycles. The molecule has 4 heteroatoms. The van der Waals surface area contributed by atoms with E-state index in [1.54, 1.807) is 6.92 Å². The van der Waals surface area contributed by atoms with Gasteiger partial charge in [-0.25, -0.2) is 0 Å². The number of benzene rings is 1. The van der Waals surface area contributed by atoms with Crippen molar-refractivity contribution in [2.75, 3.05) is 6.61 Å². The Bertz CT molecular complexity index is 653. The second-order valence-electron chi connectivity index (χ2n) is 4.93. The van der Waals surface area contributed by atoms with E-state index in [2.05, 4.69) is 0 Å². The number of carbonyl (C=O) groups is 2. The predicted molar refractivity (Wildman–Crippen MR) is 81.0 cm³/mol. The number of esters is 1. The van der Waals surface area contributed by atoms with Crippen molar-refractivity contribution in [1.82, 2.24) is 4.57 Å². The van der Waals surface area contributed by atoms with Crippen molar-refractivity contribution in [3.8, 4) is 5.69 Å². The number of ether oxygens (including phenoxy) is 1. The predicted octanol–water partition coefficient (Wildman–Crippen LogP) is 3.01. The molecule has 0 bridgehead atoms. The molecule has 0 unspecified atom stereocenters. The average Bonchev–Trinajstić information content (AvgIpc) is 2.75. The van der Waals surface area contributed by atoms with Gasteiger partial charge in [0.1, 0.15) is 0 Å². The molecule has 110 valence electrons. The van der Waals surface area contributed by atoms with Crippen LogP contribution in [0.4, 0.5) is 0 Å². The van der Waals surface area contributed by atoms with Crippen molar-refractivity contribution in [2.45, 2.75) is 27.2 Å². The molecule has 0 fully saturated rings. The first kappa shape index (κ1) is 15.0. The number of aromatic nitrogens is 1. The minimum Gasteiger partial charge on any atom is -0.466 e. The molecule has 1 heterocycles. The fourth-order valence-electron chi connectivity index (χ4n) is 2.45. The van der Waals surface area contributed by atoms with Gasteiger partial charge < -0.3 is 9.30 Å². The first-order chi connectivity index (χ1) is 10.1. The maximum absolute atomic E-state index is 11.5. The molecule has 0 aliphatic heterocycles. The van der Waals surface area contributed by atoms with Gasteiger partial charge in [-0.1, -0.05) is 12.1 Å². The number of hydrogen-bond acceptors (Lipinski definition) is 3. The summed E-state index contributed by atoms with van der Waals surface area (Å²) in [5.74, 6) is -0.221. The SMILES string of the molecule is CCOC(=O)Cc1ccc(-n2c(C)cc(C=O)c2C)cc1. The standard InChI is InChI=1S/C17H19NO3/c1-4-21-17(20)10-14-5-7-16(8-6-14)18-12(2)9-15(11-19)13(18)3/h5-9,11H,4,10H2,1-3H3. The van der Waals surface area contributed by atoms with Gasteiger partial charge in [-0.15, -0.1) is 0 Å². The molecule has 1 aromatic heterocycles. The zero-order valence-corrected chi connectivity index (χ0v) is 12.6. The van der Waals surface area contributed by atoms with E-state index in [1.807, 2.05) is 48.7 Å². The van der Waals surface area contributed by atoms with Crippen molar-refractivity contribution in [3.63, 3.8) is 0 Å². The highest BCUT2D eigenvalue weighted by Crippen LogP contribution is 2.20. The number of carbonyl (C=O) groups excluding carboxylic acids is 2. The number of nitrogens with zero attached hydrogens (tertiary/aromatic N) is 1. The Morgan fingerprint density at radius 1 is 1.24 bits per heavy atom. The second kappa shape index (κ2) is 6.39. The van der Waals surface area contributed by atoms with Crippen molar-refractivity contribution in [1.29, 1.82) is 0 Å². The maximum Gasteiger partial charge on any atom is 0.310 e. The third kappa shape index (κ3) is 3.21. The highest BCUT2D eigenvalue weighted by atomic mass is 16.5. The Labute approximate surface area is 124 Å². The molecular formula is C17H19NO3. The van der Waals surface area contributed by atoms with Crippen molar-refractivity contribution in [2.24, 2.45) is 0 Å². The quantitative estimate of drug-likeness (QED) is 0.626. The molecule has 1 aromatic carbocycles. The Morgan fingerprint density at radius 2 is 1.90 bits per heavy atom. The molecule has 0 radical (unpaired) electrons. The monoisotopic (exact) mass is 285 g/mol. The lowest BCUT2D eigenvalue weighted by Crippen LogP contribution is -2.07. The van der Waals surface area contributed by atoms with Crippen LogP contribution < -0.4 is 0 Å². The molecule has 4 nitrogen and oxygen atoms in total. The number of aryl methyl sites for hydroxylation is 1. The van der Waals surface area contributed by atoms with Crippen molar-refractivity contribution < 1.29 is 14.3 Å². The van der Waals surface area contributed by atoms with Crippen LogP contribution in [0, 0.1) is 13.8 Å². The van der Waals surface area contributed by atoms with Gasteiger partial charge in [0.2, 0.25) is 0 Å². The minimum absolute atomic E-state index is 0.221. The van der Waals surface area contributed by atoms with Crippen LogP contribution in [0.1, 0.15) is 34.2 Å².